The first kappa shape index (κ1) is 15.9. The molecule has 6 nitrogen and oxygen atoms in total. The van der Waals surface area contributed by atoms with Gasteiger partial charge in [-0.2, -0.15) is 0 Å². The van der Waals surface area contributed by atoms with Crippen molar-refractivity contribution < 1.29 is 17.5 Å². The Balaban J connectivity index is 1.69. The summed E-state index contributed by atoms with van der Waals surface area (Å²) in [7, 11) is -2.50. The van der Waals surface area contributed by atoms with E-state index in [1.165, 1.54) is 13.2 Å². The van der Waals surface area contributed by atoms with Crippen molar-refractivity contribution in [2.45, 2.75) is 30.2 Å². The molecular formula is C15H18FN3O3S. The van der Waals surface area contributed by atoms with Crippen molar-refractivity contribution in [2.24, 2.45) is 0 Å². The van der Waals surface area contributed by atoms with E-state index >= 15 is 0 Å². The van der Waals surface area contributed by atoms with Crippen LogP contribution in [-0.2, 0) is 16.6 Å². The van der Waals surface area contributed by atoms with Crippen molar-refractivity contribution in [3.05, 3.63) is 42.2 Å². The van der Waals surface area contributed by atoms with Crippen molar-refractivity contribution >= 4 is 10.0 Å². The van der Waals surface area contributed by atoms with Gasteiger partial charge in [-0.3, -0.25) is 0 Å². The van der Waals surface area contributed by atoms with Crippen LogP contribution in [0.15, 0.2) is 35.5 Å². The number of imidazole rings is 1. The molecule has 23 heavy (non-hydrogen) atoms. The van der Waals surface area contributed by atoms with Crippen LogP contribution in [0.3, 0.4) is 0 Å². The van der Waals surface area contributed by atoms with Crippen LogP contribution in [0.4, 0.5) is 4.39 Å². The van der Waals surface area contributed by atoms with Crippen LogP contribution in [0.2, 0.25) is 0 Å². The summed E-state index contributed by atoms with van der Waals surface area (Å²) in [5.74, 6) is 0.967. The summed E-state index contributed by atoms with van der Waals surface area (Å²) in [4.78, 5) is 4.11. The van der Waals surface area contributed by atoms with E-state index in [9.17, 15) is 12.8 Å². The maximum atomic E-state index is 13.3. The minimum Gasteiger partial charge on any atom is -0.495 e. The van der Waals surface area contributed by atoms with Crippen LogP contribution >= 0.6 is 0 Å². The molecule has 0 unspecified atom stereocenters. The van der Waals surface area contributed by atoms with Crippen LogP contribution in [0.25, 0.3) is 0 Å². The average Bonchev–Trinajstić information content (AvgIpc) is 3.26. The predicted molar refractivity (Wildman–Crippen MR) is 82.3 cm³/mol. The zero-order valence-corrected chi connectivity index (χ0v) is 13.5. The first-order valence-electron chi connectivity index (χ1n) is 7.35. The van der Waals surface area contributed by atoms with Crippen molar-refractivity contribution in [1.82, 2.24) is 14.3 Å². The van der Waals surface area contributed by atoms with Gasteiger partial charge in [0.15, 0.2) is 0 Å². The molecule has 1 heterocycles. The average molecular weight is 339 g/mol. The van der Waals surface area contributed by atoms with Gasteiger partial charge in [-0.05, 0) is 31.0 Å². The molecule has 124 valence electrons. The van der Waals surface area contributed by atoms with Gasteiger partial charge in [0.25, 0.3) is 0 Å². The standard InChI is InChI=1S/C15H18FN3O3S/c1-22-13-5-4-12(16)10-14(13)23(20,21)18-7-9-19-8-6-17-15(19)11-2-3-11/h4-6,8,10-11,18H,2-3,7,9H2,1H3. The van der Waals surface area contributed by atoms with E-state index in [1.54, 1.807) is 6.20 Å². The Bertz CT molecular complexity index is 800. The lowest BCUT2D eigenvalue weighted by molar-refractivity contribution is 0.400. The molecule has 1 aliphatic rings. The lowest BCUT2D eigenvalue weighted by Crippen LogP contribution is -2.28. The maximum Gasteiger partial charge on any atom is 0.244 e. The second-order valence-corrected chi connectivity index (χ2v) is 7.18. The lowest BCUT2D eigenvalue weighted by atomic mass is 10.3. The molecule has 1 aliphatic carbocycles. The molecule has 1 fully saturated rings. The maximum absolute atomic E-state index is 13.3. The number of methoxy groups -OCH3 is 1. The Kier molecular flexibility index (Phi) is 4.36. The molecule has 1 N–H and O–H groups in total. The van der Waals surface area contributed by atoms with Gasteiger partial charge in [-0.25, -0.2) is 22.5 Å². The molecule has 0 spiro atoms. The number of rotatable bonds is 7. The molecular weight excluding hydrogens is 321 g/mol. The highest BCUT2D eigenvalue weighted by Crippen LogP contribution is 2.38. The molecule has 1 aromatic carbocycles. The Labute approximate surface area is 134 Å². The van der Waals surface area contributed by atoms with Gasteiger partial charge in [-0.1, -0.05) is 0 Å². The zero-order valence-electron chi connectivity index (χ0n) is 12.7. The van der Waals surface area contributed by atoms with Gasteiger partial charge in [0.2, 0.25) is 10.0 Å². The first-order valence-corrected chi connectivity index (χ1v) is 8.84. The number of hydrogen-bond donors (Lipinski definition) is 1. The third-order valence-corrected chi connectivity index (χ3v) is 5.23. The van der Waals surface area contributed by atoms with Crippen molar-refractivity contribution in [3.63, 3.8) is 0 Å². The highest BCUT2D eigenvalue weighted by atomic mass is 32.2. The van der Waals surface area contributed by atoms with E-state index in [4.69, 9.17) is 4.74 Å². The van der Waals surface area contributed by atoms with E-state index in [0.717, 1.165) is 30.8 Å². The van der Waals surface area contributed by atoms with Crippen molar-refractivity contribution in [1.29, 1.82) is 0 Å². The van der Waals surface area contributed by atoms with E-state index in [-0.39, 0.29) is 17.2 Å². The van der Waals surface area contributed by atoms with Crippen LogP contribution in [0.5, 0.6) is 5.75 Å². The van der Waals surface area contributed by atoms with Crippen LogP contribution in [-0.4, -0.2) is 31.6 Å². The number of halogens is 1. The summed E-state index contributed by atoms with van der Waals surface area (Å²) in [6.45, 7) is 0.667. The molecule has 1 saturated carbocycles. The van der Waals surface area contributed by atoms with Gasteiger partial charge in [0, 0.05) is 31.4 Å². The molecule has 0 saturated heterocycles. The topological polar surface area (TPSA) is 73.2 Å². The SMILES string of the molecule is COc1ccc(F)cc1S(=O)(=O)NCCn1ccnc1C1CC1. The smallest absolute Gasteiger partial charge is 0.244 e. The normalized spacial score (nSPS) is 14.9. The van der Waals surface area contributed by atoms with E-state index in [0.29, 0.717) is 12.5 Å². The number of sulfonamides is 1. The minimum atomic E-state index is -3.84. The van der Waals surface area contributed by atoms with Gasteiger partial charge in [0.05, 0.1) is 7.11 Å². The second-order valence-electron chi connectivity index (χ2n) is 5.45. The van der Waals surface area contributed by atoms with Crippen molar-refractivity contribution in [3.8, 4) is 5.75 Å². The molecule has 0 bridgehead atoms. The first-order chi connectivity index (χ1) is 11.0. The summed E-state index contributed by atoms with van der Waals surface area (Å²) in [5, 5.41) is 0. The largest absolute Gasteiger partial charge is 0.495 e. The molecule has 8 heteroatoms. The number of ether oxygens (including phenoxy) is 1. The number of nitrogens with zero attached hydrogens (tertiary/aromatic N) is 2. The van der Waals surface area contributed by atoms with E-state index in [1.807, 2.05) is 10.8 Å². The quantitative estimate of drug-likeness (QED) is 0.836. The van der Waals surface area contributed by atoms with Crippen LogP contribution < -0.4 is 9.46 Å². The van der Waals surface area contributed by atoms with Gasteiger partial charge in [-0.15, -0.1) is 0 Å². The van der Waals surface area contributed by atoms with Crippen LogP contribution in [0, 0.1) is 5.82 Å². The fraction of sp³-hybridized carbons (Fsp3) is 0.400. The van der Waals surface area contributed by atoms with Crippen molar-refractivity contribution in [2.75, 3.05) is 13.7 Å². The fourth-order valence-electron chi connectivity index (χ4n) is 2.45. The third-order valence-electron chi connectivity index (χ3n) is 3.75. The molecule has 0 atom stereocenters. The van der Waals surface area contributed by atoms with E-state index in [2.05, 4.69) is 9.71 Å². The minimum absolute atomic E-state index is 0.111. The molecule has 0 aliphatic heterocycles. The zero-order chi connectivity index (χ0) is 16.4. The fourth-order valence-corrected chi connectivity index (χ4v) is 3.65. The Morgan fingerprint density at radius 3 is 2.91 bits per heavy atom. The predicted octanol–water partition coefficient (Wildman–Crippen LogP) is 1.89. The van der Waals surface area contributed by atoms with Gasteiger partial charge < -0.3 is 9.30 Å². The summed E-state index contributed by atoms with van der Waals surface area (Å²) in [6, 6.07) is 3.41. The van der Waals surface area contributed by atoms with Gasteiger partial charge >= 0.3 is 0 Å². The summed E-state index contributed by atoms with van der Waals surface area (Å²) < 4.78 is 47.5. The number of hydrogen-bond acceptors (Lipinski definition) is 4. The van der Waals surface area contributed by atoms with Gasteiger partial charge in [0.1, 0.15) is 22.3 Å². The van der Waals surface area contributed by atoms with E-state index < -0.39 is 15.8 Å². The monoisotopic (exact) mass is 339 g/mol. The third kappa shape index (κ3) is 3.53. The summed E-state index contributed by atoms with van der Waals surface area (Å²) >= 11 is 0. The molecule has 0 radical (unpaired) electrons. The van der Waals surface area contributed by atoms with Crippen LogP contribution in [0.1, 0.15) is 24.6 Å². The molecule has 1 aromatic heterocycles. The highest BCUT2D eigenvalue weighted by molar-refractivity contribution is 7.89. The number of aromatic nitrogens is 2. The summed E-state index contributed by atoms with van der Waals surface area (Å²) in [6.07, 6.45) is 5.81. The Morgan fingerprint density at radius 1 is 1.43 bits per heavy atom. The Morgan fingerprint density at radius 2 is 2.22 bits per heavy atom. The summed E-state index contributed by atoms with van der Waals surface area (Å²) in [5.41, 5.74) is 0. The highest BCUT2D eigenvalue weighted by Gasteiger charge is 2.28. The molecule has 2 aromatic rings. The Hall–Kier alpha value is -1.93. The molecule has 3 rings (SSSR count). The molecule has 0 amide bonds. The lowest BCUT2D eigenvalue weighted by Gasteiger charge is -2.12. The number of benzene rings is 1. The second kappa shape index (κ2) is 6.29. The number of nitrogens with one attached hydrogen (secondary N) is 1.